The van der Waals surface area contributed by atoms with Gasteiger partial charge in [-0.1, -0.05) is 24.3 Å². The highest BCUT2D eigenvalue weighted by molar-refractivity contribution is 5.95. The molecule has 5 nitrogen and oxygen atoms in total. The number of carbonyl (C=O) groups is 1. The summed E-state index contributed by atoms with van der Waals surface area (Å²) >= 11 is 0. The van der Waals surface area contributed by atoms with E-state index in [9.17, 15) is 9.18 Å². The lowest BCUT2D eigenvalue weighted by Gasteiger charge is -2.36. The van der Waals surface area contributed by atoms with Crippen LogP contribution in [0.25, 0.3) is 10.9 Å². The van der Waals surface area contributed by atoms with Gasteiger partial charge in [-0.3, -0.25) is 4.79 Å². The molecule has 6 heteroatoms. The fourth-order valence-electron chi connectivity index (χ4n) is 4.65. The number of H-pyrrole nitrogens is 1. The minimum atomic E-state index is -0.361. The number of para-hydroxylation sites is 1. The Morgan fingerprint density at radius 2 is 1.81 bits per heavy atom. The van der Waals surface area contributed by atoms with Gasteiger partial charge in [-0.25, -0.2) is 4.39 Å². The van der Waals surface area contributed by atoms with Gasteiger partial charge in [-0.05, 0) is 60.0 Å². The second kappa shape index (κ2) is 6.87. The highest BCUT2D eigenvalue weighted by atomic mass is 19.1. The number of rotatable bonds is 2. The third-order valence-electron chi connectivity index (χ3n) is 6.10. The average molecular weight is 414 g/mol. The standard InChI is InChI=1S/C25H19FN2O3/c26-17-8-5-15(6-9-17)25(29)28-12-11-19-18-3-1-2-4-20(18)27-23(19)24(28)16-7-10-21-22(13-16)31-14-30-21/h1-10,13,24,27H,11-12,14H2/t24-/m1/s1. The van der Waals surface area contributed by atoms with E-state index in [4.69, 9.17) is 9.47 Å². The van der Waals surface area contributed by atoms with Crippen LogP contribution in [0.5, 0.6) is 11.5 Å². The van der Waals surface area contributed by atoms with Gasteiger partial charge in [-0.2, -0.15) is 0 Å². The first-order chi connectivity index (χ1) is 15.2. The second-order valence-corrected chi connectivity index (χ2v) is 7.83. The van der Waals surface area contributed by atoms with Crippen molar-refractivity contribution in [3.63, 3.8) is 0 Å². The summed E-state index contributed by atoms with van der Waals surface area (Å²) in [5, 5.41) is 1.18. The van der Waals surface area contributed by atoms with E-state index in [0.29, 0.717) is 23.6 Å². The van der Waals surface area contributed by atoms with Crippen LogP contribution in [0, 0.1) is 5.82 Å². The summed E-state index contributed by atoms with van der Waals surface area (Å²) in [7, 11) is 0. The molecule has 0 unspecified atom stereocenters. The molecule has 0 bridgehead atoms. The lowest BCUT2D eigenvalue weighted by molar-refractivity contribution is 0.0691. The van der Waals surface area contributed by atoms with E-state index in [2.05, 4.69) is 17.1 Å². The van der Waals surface area contributed by atoms with Crippen LogP contribution < -0.4 is 9.47 Å². The lowest BCUT2D eigenvalue weighted by Crippen LogP contribution is -2.40. The Balaban J connectivity index is 1.51. The molecule has 3 heterocycles. The number of fused-ring (bicyclic) bond motifs is 4. The number of ether oxygens (including phenoxy) is 2. The zero-order chi connectivity index (χ0) is 20.9. The maximum Gasteiger partial charge on any atom is 0.254 e. The minimum Gasteiger partial charge on any atom is -0.454 e. The Hall–Kier alpha value is -3.80. The van der Waals surface area contributed by atoms with Crippen molar-refractivity contribution in [2.75, 3.05) is 13.3 Å². The fraction of sp³-hybridized carbons (Fsp3) is 0.160. The average Bonchev–Trinajstić information content (AvgIpc) is 3.42. The van der Waals surface area contributed by atoms with Crippen molar-refractivity contribution >= 4 is 16.8 Å². The van der Waals surface area contributed by atoms with Crippen molar-refractivity contribution in [2.24, 2.45) is 0 Å². The quantitative estimate of drug-likeness (QED) is 0.512. The van der Waals surface area contributed by atoms with Crippen LogP contribution in [-0.2, 0) is 6.42 Å². The van der Waals surface area contributed by atoms with Crippen molar-refractivity contribution < 1.29 is 18.7 Å². The molecule has 0 radical (unpaired) electrons. The van der Waals surface area contributed by atoms with Crippen LogP contribution in [0.4, 0.5) is 4.39 Å². The van der Waals surface area contributed by atoms with Crippen molar-refractivity contribution in [3.8, 4) is 11.5 Å². The van der Waals surface area contributed by atoms with Crippen LogP contribution in [0.2, 0.25) is 0 Å². The van der Waals surface area contributed by atoms with Gasteiger partial charge in [0.2, 0.25) is 6.79 Å². The molecule has 31 heavy (non-hydrogen) atoms. The zero-order valence-electron chi connectivity index (χ0n) is 16.6. The molecule has 6 rings (SSSR count). The van der Waals surface area contributed by atoms with Crippen LogP contribution in [-0.4, -0.2) is 29.1 Å². The first kappa shape index (κ1) is 18.0. The summed E-state index contributed by atoms with van der Waals surface area (Å²) in [6.45, 7) is 0.753. The molecule has 0 saturated heterocycles. The van der Waals surface area contributed by atoms with Crippen LogP contribution in [0.15, 0.2) is 66.7 Å². The number of benzene rings is 3. The first-order valence-electron chi connectivity index (χ1n) is 10.2. The predicted octanol–water partition coefficient (Wildman–Crippen LogP) is 4.82. The number of hydrogen-bond acceptors (Lipinski definition) is 3. The number of nitrogens with one attached hydrogen (secondary N) is 1. The van der Waals surface area contributed by atoms with Gasteiger partial charge in [0.05, 0.1) is 6.04 Å². The molecule has 0 spiro atoms. The number of nitrogens with zero attached hydrogens (tertiary/aromatic N) is 1. The molecule has 2 aliphatic rings. The molecule has 1 atom stereocenters. The van der Waals surface area contributed by atoms with Gasteiger partial charge >= 0.3 is 0 Å². The SMILES string of the molecule is O=C(c1ccc(F)cc1)N1CCc2c([nH]c3ccccc23)[C@H]1c1ccc2c(c1)OCO2. The minimum absolute atomic E-state index is 0.132. The Kier molecular flexibility index (Phi) is 3.99. The molecule has 0 saturated carbocycles. The Bertz CT molecular complexity index is 1310. The predicted molar refractivity (Wildman–Crippen MR) is 114 cm³/mol. The summed E-state index contributed by atoms with van der Waals surface area (Å²) in [4.78, 5) is 18.9. The molecule has 2 aliphatic heterocycles. The summed E-state index contributed by atoms with van der Waals surface area (Å²) < 4.78 is 24.5. The van der Waals surface area contributed by atoms with Crippen molar-refractivity contribution in [2.45, 2.75) is 12.5 Å². The third kappa shape index (κ3) is 2.86. The second-order valence-electron chi connectivity index (χ2n) is 7.83. The molecule has 1 aromatic heterocycles. The molecular weight excluding hydrogens is 395 g/mol. The highest BCUT2D eigenvalue weighted by Crippen LogP contribution is 2.42. The van der Waals surface area contributed by atoms with E-state index in [-0.39, 0.29) is 24.6 Å². The Labute approximate surface area is 178 Å². The zero-order valence-corrected chi connectivity index (χ0v) is 16.6. The largest absolute Gasteiger partial charge is 0.454 e. The van der Waals surface area contributed by atoms with Gasteiger partial charge in [0.15, 0.2) is 11.5 Å². The number of aromatic nitrogens is 1. The fourth-order valence-corrected chi connectivity index (χ4v) is 4.65. The van der Waals surface area contributed by atoms with Gasteiger partial charge in [-0.15, -0.1) is 0 Å². The molecule has 1 amide bonds. The molecule has 3 aromatic carbocycles. The molecular formula is C25H19FN2O3. The number of hydrogen-bond donors (Lipinski definition) is 1. The number of halogens is 1. The van der Waals surface area contributed by atoms with Crippen molar-refractivity contribution in [3.05, 3.63) is 94.9 Å². The normalized spacial score (nSPS) is 17.1. The number of carbonyl (C=O) groups excluding carboxylic acids is 1. The molecule has 0 aliphatic carbocycles. The van der Waals surface area contributed by atoms with E-state index in [1.165, 1.54) is 35.2 Å². The van der Waals surface area contributed by atoms with E-state index in [0.717, 1.165) is 23.2 Å². The molecule has 1 N–H and O–H groups in total. The first-order valence-corrected chi connectivity index (χ1v) is 10.2. The number of aromatic amines is 1. The van der Waals surface area contributed by atoms with E-state index >= 15 is 0 Å². The molecule has 154 valence electrons. The highest BCUT2D eigenvalue weighted by Gasteiger charge is 2.35. The monoisotopic (exact) mass is 414 g/mol. The van der Waals surface area contributed by atoms with Gasteiger partial charge in [0.25, 0.3) is 5.91 Å². The van der Waals surface area contributed by atoms with Gasteiger partial charge < -0.3 is 19.4 Å². The van der Waals surface area contributed by atoms with Crippen LogP contribution >= 0.6 is 0 Å². The summed E-state index contributed by atoms with van der Waals surface area (Å²) in [5.74, 6) is 0.884. The van der Waals surface area contributed by atoms with Crippen LogP contribution in [0.3, 0.4) is 0 Å². The topological polar surface area (TPSA) is 54.6 Å². The summed E-state index contributed by atoms with van der Waals surface area (Å²) in [5.41, 5.74) is 4.68. The molecule has 4 aromatic rings. The van der Waals surface area contributed by atoms with Gasteiger partial charge in [0.1, 0.15) is 5.82 Å². The van der Waals surface area contributed by atoms with E-state index < -0.39 is 0 Å². The van der Waals surface area contributed by atoms with Crippen LogP contribution in [0.1, 0.15) is 33.2 Å². The maximum absolute atomic E-state index is 13.5. The Morgan fingerprint density at radius 3 is 2.68 bits per heavy atom. The Morgan fingerprint density at radius 1 is 1.00 bits per heavy atom. The third-order valence-corrected chi connectivity index (χ3v) is 6.10. The summed E-state index contributed by atoms with van der Waals surface area (Å²) in [6.07, 6.45) is 0.743. The summed E-state index contributed by atoms with van der Waals surface area (Å²) in [6, 6.07) is 19.4. The molecule has 0 fully saturated rings. The van der Waals surface area contributed by atoms with Crippen molar-refractivity contribution in [1.82, 2.24) is 9.88 Å². The van der Waals surface area contributed by atoms with Gasteiger partial charge in [0, 0.05) is 28.7 Å². The van der Waals surface area contributed by atoms with E-state index in [1.807, 2.05) is 35.2 Å². The lowest BCUT2D eigenvalue weighted by atomic mass is 9.91. The maximum atomic E-state index is 13.5. The smallest absolute Gasteiger partial charge is 0.254 e. The van der Waals surface area contributed by atoms with Crippen molar-refractivity contribution in [1.29, 1.82) is 0 Å². The number of amides is 1. The van der Waals surface area contributed by atoms with E-state index in [1.54, 1.807) is 0 Å².